The number of nitro groups is 1. The van der Waals surface area contributed by atoms with Gasteiger partial charge in [0, 0.05) is 22.1 Å². The fraction of sp³-hybridized carbons (Fsp3) is 0.333. The van der Waals surface area contributed by atoms with E-state index >= 15 is 0 Å². The van der Waals surface area contributed by atoms with E-state index in [2.05, 4.69) is 17.8 Å². The Hall–Kier alpha value is -2.74. The highest BCUT2D eigenvalue weighted by Gasteiger charge is 2.21. The Bertz CT molecular complexity index is 891. The normalized spacial score (nSPS) is 15.8. The lowest BCUT2D eigenvalue weighted by molar-refractivity contribution is -0.385. The summed E-state index contributed by atoms with van der Waals surface area (Å²) in [6.07, 6.45) is 3.10. The van der Waals surface area contributed by atoms with Crippen molar-refractivity contribution in [3.63, 3.8) is 0 Å². The van der Waals surface area contributed by atoms with E-state index in [0.29, 0.717) is 16.4 Å². The summed E-state index contributed by atoms with van der Waals surface area (Å²) in [5.74, 6) is -0.256. The van der Waals surface area contributed by atoms with Crippen LogP contribution in [0, 0.1) is 23.0 Å². The minimum Gasteiger partial charge on any atom is -0.267 e. The zero-order valence-corrected chi connectivity index (χ0v) is 15.3. The highest BCUT2D eigenvalue weighted by molar-refractivity contribution is 7.14. The topological polar surface area (TPSA) is 101 Å². The molecule has 0 aliphatic heterocycles. The van der Waals surface area contributed by atoms with Gasteiger partial charge in [0.2, 0.25) is 0 Å². The lowest BCUT2D eigenvalue weighted by Gasteiger charge is -2.16. The molecule has 0 spiro atoms. The average Bonchev–Trinajstić information content (AvgIpc) is 3.02. The van der Waals surface area contributed by atoms with Crippen LogP contribution in [0.4, 0.5) is 5.69 Å². The van der Waals surface area contributed by atoms with Gasteiger partial charge < -0.3 is 0 Å². The highest BCUT2D eigenvalue weighted by atomic mass is 32.1. The predicted octanol–water partition coefficient (Wildman–Crippen LogP) is 3.16. The number of carbonyl (C=O) groups is 2. The smallest absolute Gasteiger partial charge is 0.267 e. The van der Waals surface area contributed by atoms with E-state index in [4.69, 9.17) is 0 Å². The van der Waals surface area contributed by atoms with E-state index in [1.807, 2.05) is 6.07 Å². The fourth-order valence-corrected chi connectivity index (χ4v) is 4.17. The van der Waals surface area contributed by atoms with E-state index < -0.39 is 10.8 Å². The van der Waals surface area contributed by atoms with E-state index in [1.165, 1.54) is 40.0 Å². The molecule has 0 saturated heterocycles. The molecule has 1 aromatic heterocycles. The second-order valence-corrected chi connectivity index (χ2v) is 7.71. The molecule has 7 nitrogen and oxygen atoms in total. The molecule has 0 bridgehead atoms. The Morgan fingerprint density at radius 3 is 2.65 bits per heavy atom. The van der Waals surface area contributed by atoms with Gasteiger partial charge in [0.05, 0.1) is 9.80 Å². The summed E-state index contributed by atoms with van der Waals surface area (Å²) in [6.45, 7) is 3.76. The summed E-state index contributed by atoms with van der Waals surface area (Å²) in [6, 6.07) is 5.95. The molecule has 1 aliphatic rings. The van der Waals surface area contributed by atoms with Crippen LogP contribution in [0.2, 0.25) is 0 Å². The molecule has 0 fully saturated rings. The minimum absolute atomic E-state index is 0.0519. The van der Waals surface area contributed by atoms with E-state index in [-0.39, 0.29) is 17.2 Å². The second-order valence-electron chi connectivity index (χ2n) is 6.57. The largest absolute Gasteiger partial charge is 0.279 e. The lowest BCUT2D eigenvalue weighted by Crippen LogP contribution is -2.41. The van der Waals surface area contributed by atoms with Crippen LogP contribution in [0.25, 0.3) is 0 Å². The van der Waals surface area contributed by atoms with Gasteiger partial charge >= 0.3 is 0 Å². The molecule has 1 atom stereocenters. The maximum absolute atomic E-state index is 12.3. The summed E-state index contributed by atoms with van der Waals surface area (Å²) >= 11 is 1.46. The number of nitrogens with zero attached hydrogens (tertiary/aromatic N) is 1. The van der Waals surface area contributed by atoms with Crippen molar-refractivity contribution in [1.29, 1.82) is 0 Å². The molecule has 1 unspecified atom stereocenters. The predicted molar refractivity (Wildman–Crippen MR) is 98.3 cm³/mol. The molecular weight excluding hydrogens is 354 g/mol. The molecule has 2 amide bonds. The number of thiophene rings is 1. The van der Waals surface area contributed by atoms with Gasteiger partial charge in [0.1, 0.15) is 0 Å². The van der Waals surface area contributed by atoms with Crippen LogP contribution in [0.1, 0.15) is 49.4 Å². The van der Waals surface area contributed by atoms with Crippen molar-refractivity contribution in [2.24, 2.45) is 5.92 Å². The third-order valence-electron chi connectivity index (χ3n) is 4.50. The summed E-state index contributed by atoms with van der Waals surface area (Å²) in [5.41, 5.74) is 6.57. The van der Waals surface area contributed by atoms with Crippen molar-refractivity contribution in [3.8, 4) is 0 Å². The van der Waals surface area contributed by atoms with Gasteiger partial charge in [-0.15, -0.1) is 11.3 Å². The molecule has 2 N–H and O–H groups in total. The highest BCUT2D eigenvalue weighted by Crippen LogP contribution is 2.32. The third kappa shape index (κ3) is 3.75. The first-order valence-corrected chi connectivity index (χ1v) is 9.14. The molecular formula is C18H19N3O4S. The van der Waals surface area contributed by atoms with Crippen LogP contribution in [-0.4, -0.2) is 16.7 Å². The Morgan fingerprint density at radius 2 is 1.96 bits per heavy atom. The number of carbonyl (C=O) groups excluding carboxylic acids is 2. The Balaban J connectivity index is 1.63. The Morgan fingerprint density at radius 1 is 1.23 bits per heavy atom. The standard InChI is InChI=1S/C18H19N3O4S/c1-10-3-6-15-13(7-10)9-16(26-15)18(23)20-19-17(22)12-4-5-14(21(24)25)11(2)8-12/h4-5,8-10H,3,6-7H2,1-2H3,(H,19,22)(H,20,23). The van der Waals surface area contributed by atoms with Crippen molar-refractivity contribution < 1.29 is 14.5 Å². The number of benzene rings is 1. The number of hydrazine groups is 1. The summed E-state index contributed by atoms with van der Waals surface area (Å²) < 4.78 is 0. The molecule has 136 valence electrons. The number of hydrogen-bond acceptors (Lipinski definition) is 5. The monoisotopic (exact) mass is 373 g/mol. The number of amides is 2. The molecule has 26 heavy (non-hydrogen) atoms. The van der Waals surface area contributed by atoms with Gasteiger partial charge in [0.25, 0.3) is 17.5 Å². The van der Waals surface area contributed by atoms with Gasteiger partial charge in [-0.3, -0.25) is 30.6 Å². The molecule has 8 heteroatoms. The summed E-state index contributed by atoms with van der Waals surface area (Å²) in [4.78, 5) is 36.6. The zero-order valence-electron chi connectivity index (χ0n) is 14.5. The van der Waals surface area contributed by atoms with Crippen molar-refractivity contribution in [2.45, 2.75) is 33.1 Å². The molecule has 0 saturated carbocycles. The van der Waals surface area contributed by atoms with Crippen LogP contribution in [0.3, 0.4) is 0 Å². The van der Waals surface area contributed by atoms with E-state index in [0.717, 1.165) is 19.3 Å². The van der Waals surface area contributed by atoms with Crippen LogP contribution in [0.5, 0.6) is 0 Å². The van der Waals surface area contributed by atoms with Crippen molar-refractivity contribution in [1.82, 2.24) is 10.9 Å². The van der Waals surface area contributed by atoms with Crippen LogP contribution < -0.4 is 10.9 Å². The number of aryl methyl sites for hydroxylation is 2. The number of rotatable bonds is 3. The maximum atomic E-state index is 12.3. The molecule has 3 rings (SSSR count). The first-order valence-electron chi connectivity index (χ1n) is 8.32. The van der Waals surface area contributed by atoms with Gasteiger partial charge in [-0.05, 0) is 55.9 Å². The van der Waals surface area contributed by atoms with Gasteiger partial charge in [0.15, 0.2) is 0 Å². The summed E-state index contributed by atoms with van der Waals surface area (Å²) in [7, 11) is 0. The van der Waals surface area contributed by atoms with Crippen LogP contribution >= 0.6 is 11.3 Å². The van der Waals surface area contributed by atoms with Gasteiger partial charge in [-0.2, -0.15) is 0 Å². The number of hydrogen-bond donors (Lipinski definition) is 2. The van der Waals surface area contributed by atoms with E-state index in [9.17, 15) is 19.7 Å². The lowest BCUT2D eigenvalue weighted by atomic mass is 9.90. The van der Waals surface area contributed by atoms with Crippen LogP contribution in [0.15, 0.2) is 24.3 Å². The number of fused-ring (bicyclic) bond motifs is 1. The number of nitrogens with one attached hydrogen (secondary N) is 2. The quantitative estimate of drug-likeness (QED) is 0.637. The second kappa shape index (κ2) is 7.25. The Kier molecular flexibility index (Phi) is 5.03. The van der Waals surface area contributed by atoms with E-state index in [1.54, 1.807) is 6.92 Å². The zero-order chi connectivity index (χ0) is 18.8. The molecule has 1 heterocycles. The van der Waals surface area contributed by atoms with Gasteiger partial charge in [-0.1, -0.05) is 6.92 Å². The number of nitro benzene ring substituents is 1. The van der Waals surface area contributed by atoms with Crippen LogP contribution in [-0.2, 0) is 12.8 Å². The molecule has 1 aliphatic carbocycles. The first-order chi connectivity index (χ1) is 12.3. The SMILES string of the molecule is Cc1cc(C(=O)NNC(=O)c2cc3c(s2)CCC(C)C3)ccc1[N+](=O)[O-]. The average molecular weight is 373 g/mol. The van der Waals surface area contributed by atoms with Crippen molar-refractivity contribution in [2.75, 3.05) is 0 Å². The summed E-state index contributed by atoms with van der Waals surface area (Å²) in [5, 5.41) is 10.8. The van der Waals surface area contributed by atoms with Gasteiger partial charge in [-0.25, -0.2) is 0 Å². The Labute approximate surface area is 154 Å². The maximum Gasteiger partial charge on any atom is 0.279 e. The fourth-order valence-electron chi connectivity index (χ4n) is 3.07. The minimum atomic E-state index is -0.522. The van der Waals surface area contributed by atoms with Crippen molar-refractivity contribution >= 4 is 28.8 Å². The van der Waals surface area contributed by atoms with Crippen molar-refractivity contribution in [3.05, 3.63) is 60.8 Å². The molecule has 2 aromatic rings. The first kappa shape index (κ1) is 18.1. The molecule has 0 radical (unpaired) electrons. The molecule has 1 aromatic carbocycles. The third-order valence-corrected chi connectivity index (χ3v) is 5.73.